The zero-order valence-corrected chi connectivity index (χ0v) is 18.3. The second kappa shape index (κ2) is 9.13. The largest absolute Gasteiger partial charge is 0.478 e. The van der Waals surface area contributed by atoms with E-state index in [-0.39, 0.29) is 23.9 Å². The number of nitrogens with one attached hydrogen (secondary N) is 2. The number of carboxylic acid groups (broad SMARTS) is 1. The zero-order chi connectivity index (χ0) is 21.3. The Morgan fingerprint density at radius 3 is 2.87 bits per heavy atom. The third kappa shape index (κ3) is 4.32. The molecule has 1 atom stereocenters. The molecule has 0 fully saturated rings. The predicted molar refractivity (Wildman–Crippen MR) is 121 cm³/mol. The number of likely N-dealkylation sites (N-methyl/N-ethyl adjacent to an activating group) is 2. The number of nitrogens with zero attached hydrogens (tertiary/aromatic N) is 3. The maximum absolute atomic E-state index is 12.9. The lowest BCUT2D eigenvalue weighted by molar-refractivity contribution is -0.120. The molecule has 0 saturated carbocycles. The van der Waals surface area contributed by atoms with E-state index in [1.807, 2.05) is 19.2 Å². The van der Waals surface area contributed by atoms with Crippen LogP contribution in [-0.2, 0) is 23.1 Å². The molecule has 9 heteroatoms. The van der Waals surface area contributed by atoms with Crippen LogP contribution in [0.5, 0.6) is 0 Å². The number of carbonyl (C=O) groups excluding carboxylic acids is 1. The molecule has 3 heterocycles. The van der Waals surface area contributed by atoms with Gasteiger partial charge in [-0.25, -0.2) is 9.78 Å². The summed E-state index contributed by atoms with van der Waals surface area (Å²) in [6.07, 6.45) is 8.09. The van der Waals surface area contributed by atoms with Crippen molar-refractivity contribution >= 4 is 36.2 Å². The fourth-order valence-electron chi connectivity index (χ4n) is 4.14. The minimum Gasteiger partial charge on any atom is -0.478 e. The Labute approximate surface area is 187 Å². The molecule has 0 bridgehead atoms. The number of hydrogen-bond donors (Lipinski definition) is 3. The van der Waals surface area contributed by atoms with E-state index in [9.17, 15) is 14.7 Å². The highest BCUT2D eigenvalue weighted by Gasteiger charge is 2.51. The Kier molecular flexibility index (Phi) is 6.74. The van der Waals surface area contributed by atoms with Crippen molar-refractivity contribution in [3.8, 4) is 0 Å². The molecule has 0 unspecified atom stereocenters. The van der Waals surface area contributed by atoms with E-state index in [2.05, 4.69) is 38.6 Å². The van der Waals surface area contributed by atoms with Crippen LogP contribution in [0.1, 0.15) is 32.7 Å². The number of carbonyl (C=O) groups is 2. The molecule has 2 aliphatic rings. The molecule has 1 amide bonds. The summed E-state index contributed by atoms with van der Waals surface area (Å²) in [5.74, 6) is -0.543. The van der Waals surface area contributed by atoms with Gasteiger partial charge < -0.3 is 20.6 Å². The smallest absolute Gasteiger partial charge is 0.337 e. The molecule has 0 aromatic carbocycles. The topological polar surface area (TPSA) is 107 Å². The molecular formula is C22H26ClN5O3. The van der Waals surface area contributed by atoms with Crippen molar-refractivity contribution in [3.63, 3.8) is 0 Å². The van der Waals surface area contributed by atoms with E-state index >= 15 is 0 Å². The second-order valence-electron chi connectivity index (χ2n) is 7.96. The lowest BCUT2D eigenvalue weighted by Gasteiger charge is -2.20. The Bertz CT molecular complexity index is 1040. The third-order valence-corrected chi connectivity index (χ3v) is 5.83. The van der Waals surface area contributed by atoms with Crippen molar-refractivity contribution < 1.29 is 14.7 Å². The normalized spacial score (nSPS) is 18.9. The van der Waals surface area contributed by atoms with Gasteiger partial charge in [0.1, 0.15) is 5.82 Å². The molecule has 8 nitrogen and oxygen atoms in total. The number of amides is 1. The summed E-state index contributed by atoms with van der Waals surface area (Å²) in [4.78, 5) is 35.2. The summed E-state index contributed by atoms with van der Waals surface area (Å²) < 4.78 is 0. The molecule has 0 radical (unpaired) electrons. The van der Waals surface area contributed by atoms with Gasteiger partial charge in [0, 0.05) is 49.7 Å². The van der Waals surface area contributed by atoms with Gasteiger partial charge in [0.15, 0.2) is 0 Å². The van der Waals surface area contributed by atoms with Crippen LogP contribution in [0.3, 0.4) is 0 Å². The van der Waals surface area contributed by atoms with Crippen molar-refractivity contribution in [3.05, 3.63) is 58.6 Å². The van der Waals surface area contributed by atoms with Gasteiger partial charge in [0.25, 0.3) is 0 Å². The molecule has 164 valence electrons. The number of halogens is 1. The van der Waals surface area contributed by atoms with Crippen LogP contribution >= 0.6 is 12.4 Å². The van der Waals surface area contributed by atoms with Crippen LogP contribution in [0, 0.1) is 0 Å². The van der Waals surface area contributed by atoms with E-state index < -0.39 is 11.4 Å². The van der Waals surface area contributed by atoms with Crippen LogP contribution in [-0.4, -0.2) is 65.6 Å². The molecule has 4 rings (SSSR count). The Morgan fingerprint density at radius 2 is 2.13 bits per heavy atom. The lowest BCUT2D eigenvalue weighted by atomic mass is 9.79. The molecule has 0 saturated heterocycles. The minimum absolute atomic E-state index is 0. The van der Waals surface area contributed by atoms with E-state index in [0.29, 0.717) is 18.7 Å². The Morgan fingerprint density at radius 1 is 1.32 bits per heavy atom. The van der Waals surface area contributed by atoms with Gasteiger partial charge >= 0.3 is 5.97 Å². The summed E-state index contributed by atoms with van der Waals surface area (Å²) in [5, 5.41) is 15.3. The van der Waals surface area contributed by atoms with Gasteiger partial charge in [-0.1, -0.05) is 12.2 Å². The maximum Gasteiger partial charge on any atom is 0.337 e. The number of hydrogen-bond acceptors (Lipinski definition) is 6. The molecule has 1 spiro atoms. The Hall–Kier alpha value is -2.81. The van der Waals surface area contributed by atoms with Crippen LogP contribution in [0.25, 0.3) is 6.08 Å². The van der Waals surface area contributed by atoms with Crippen molar-refractivity contribution in [2.45, 2.75) is 18.3 Å². The number of anilines is 1. The monoisotopic (exact) mass is 443 g/mol. The van der Waals surface area contributed by atoms with E-state index in [1.165, 1.54) is 6.20 Å². The molecule has 31 heavy (non-hydrogen) atoms. The summed E-state index contributed by atoms with van der Waals surface area (Å²) in [7, 11) is 4.00. The van der Waals surface area contributed by atoms with Gasteiger partial charge in [0.2, 0.25) is 5.91 Å². The first-order chi connectivity index (χ1) is 14.4. The zero-order valence-electron chi connectivity index (χ0n) is 17.5. The van der Waals surface area contributed by atoms with Gasteiger partial charge in [-0.3, -0.25) is 9.78 Å². The first-order valence-corrected chi connectivity index (χ1v) is 9.96. The number of aromatic carboxylic acids is 1. The number of aromatic nitrogens is 2. The van der Waals surface area contributed by atoms with Crippen LogP contribution in [0.2, 0.25) is 0 Å². The van der Waals surface area contributed by atoms with Crippen LogP contribution in [0.4, 0.5) is 5.82 Å². The van der Waals surface area contributed by atoms with Gasteiger partial charge in [-0.2, -0.15) is 0 Å². The van der Waals surface area contributed by atoms with E-state index in [0.717, 1.165) is 42.0 Å². The lowest BCUT2D eigenvalue weighted by Crippen LogP contribution is -2.35. The number of carboxylic acids is 1. The number of fused-ring (bicyclic) bond motifs is 3. The highest BCUT2D eigenvalue weighted by Crippen LogP contribution is 2.46. The average molecular weight is 444 g/mol. The van der Waals surface area contributed by atoms with Crippen molar-refractivity contribution in [2.75, 3.05) is 39.0 Å². The van der Waals surface area contributed by atoms with E-state index in [4.69, 9.17) is 0 Å². The molecular weight excluding hydrogens is 418 g/mol. The summed E-state index contributed by atoms with van der Waals surface area (Å²) >= 11 is 0. The molecule has 2 aromatic heterocycles. The van der Waals surface area contributed by atoms with Crippen LogP contribution < -0.4 is 10.6 Å². The second-order valence-corrected chi connectivity index (χ2v) is 7.96. The Balaban J connectivity index is 0.00000272. The minimum atomic E-state index is -1.02. The summed E-state index contributed by atoms with van der Waals surface area (Å²) in [5.41, 5.74) is 2.74. The van der Waals surface area contributed by atoms with Gasteiger partial charge in [0.05, 0.1) is 11.0 Å². The standard InChI is InChI=1S/C22H25N5O3.ClH/c1-23-5-7-27(2)6-3-4-14-8-17-19(25-12-14)26-21(30)22(17)10-15-9-16(20(28)29)13-24-18(15)11-22;/h3-4,8-9,12-13,23H,5-7,10-11H2,1-2H3,(H,28,29)(H,25,26,30);1H/b4-3+;/t22-;/m0./s1. The highest BCUT2D eigenvalue weighted by atomic mass is 35.5. The number of pyridine rings is 2. The highest BCUT2D eigenvalue weighted by molar-refractivity contribution is 6.06. The van der Waals surface area contributed by atoms with Crippen molar-refractivity contribution in [2.24, 2.45) is 0 Å². The summed E-state index contributed by atoms with van der Waals surface area (Å²) in [6, 6.07) is 3.64. The summed E-state index contributed by atoms with van der Waals surface area (Å²) in [6.45, 7) is 2.70. The van der Waals surface area contributed by atoms with Crippen LogP contribution in [0.15, 0.2) is 30.6 Å². The predicted octanol–water partition coefficient (Wildman–Crippen LogP) is 1.75. The fourth-order valence-corrected chi connectivity index (χ4v) is 4.14. The number of rotatable bonds is 7. The van der Waals surface area contributed by atoms with Crippen molar-refractivity contribution in [1.29, 1.82) is 0 Å². The molecule has 3 N–H and O–H groups in total. The van der Waals surface area contributed by atoms with Crippen molar-refractivity contribution in [1.82, 2.24) is 20.2 Å². The first kappa shape index (κ1) is 22.9. The maximum atomic E-state index is 12.9. The third-order valence-electron chi connectivity index (χ3n) is 5.83. The molecule has 1 aliphatic heterocycles. The molecule has 1 aliphatic carbocycles. The average Bonchev–Trinajstić information content (AvgIpc) is 3.24. The first-order valence-electron chi connectivity index (χ1n) is 9.96. The van der Waals surface area contributed by atoms with E-state index in [1.54, 1.807) is 12.3 Å². The SMILES string of the molecule is CNCCN(C)C/C=C/c1cnc2c(c1)[C@@]1(Cc3cc(C(=O)O)cnc3C1)C(=O)N2.Cl. The van der Waals surface area contributed by atoms with Gasteiger partial charge in [-0.05, 0) is 43.8 Å². The molecule has 2 aromatic rings. The fraction of sp³-hybridized carbons (Fsp3) is 0.364. The van der Waals surface area contributed by atoms with Gasteiger partial charge in [-0.15, -0.1) is 12.4 Å². The quantitative estimate of drug-likeness (QED) is 0.598.